The fourth-order valence-electron chi connectivity index (χ4n) is 5.17. The number of amides is 2. The van der Waals surface area contributed by atoms with Gasteiger partial charge in [-0.25, -0.2) is 0 Å². The maximum absolute atomic E-state index is 14.0. The summed E-state index contributed by atoms with van der Waals surface area (Å²) in [5.41, 5.74) is 3.42. The van der Waals surface area contributed by atoms with E-state index < -0.39 is 5.54 Å². The number of para-hydroxylation sites is 1. The average molecular weight is 532 g/mol. The summed E-state index contributed by atoms with van der Waals surface area (Å²) >= 11 is 0. The van der Waals surface area contributed by atoms with E-state index in [4.69, 9.17) is 9.15 Å². The lowest BCUT2D eigenvalue weighted by molar-refractivity contribution is -0.164. The Labute approximate surface area is 229 Å². The molecule has 1 atom stereocenters. The maximum atomic E-state index is 14.0. The van der Waals surface area contributed by atoms with Crippen molar-refractivity contribution < 1.29 is 23.5 Å². The lowest BCUT2D eigenvalue weighted by Gasteiger charge is -2.51. The molecule has 1 N–H and O–H groups in total. The zero-order valence-corrected chi connectivity index (χ0v) is 23.0. The molecular weight excluding hydrogens is 494 g/mol. The summed E-state index contributed by atoms with van der Waals surface area (Å²) in [4.78, 5) is 42.8. The summed E-state index contributed by atoms with van der Waals surface area (Å²) in [6.07, 6.45) is 4.84. The summed E-state index contributed by atoms with van der Waals surface area (Å²) in [5.74, 6) is -0.513. The van der Waals surface area contributed by atoms with Crippen molar-refractivity contribution in [3.05, 3.63) is 72.0 Å². The van der Waals surface area contributed by atoms with Crippen LogP contribution in [0.3, 0.4) is 0 Å². The van der Waals surface area contributed by atoms with E-state index in [9.17, 15) is 14.4 Å². The molecule has 1 aliphatic rings. The Hall–Kier alpha value is -4.07. The van der Waals surface area contributed by atoms with Gasteiger partial charge in [0.1, 0.15) is 11.1 Å². The second-order valence-corrected chi connectivity index (χ2v) is 10.0. The number of nitrogens with one attached hydrogen (secondary N) is 1. The summed E-state index contributed by atoms with van der Waals surface area (Å²) in [5, 5.41) is 4.08. The van der Waals surface area contributed by atoms with Crippen molar-refractivity contribution in [3.63, 3.8) is 0 Å². The van der Waals surface area contributed by atoms with Crippen molar-refractivity contribution in [2.24, 2.45) is 0 Å². The van der Waals surface area contributed by atoms with Crippen LogP contribution in [0.2, 0.25) is 0 Å². The largest absolute Gasteiger partial charge is 0.466 e. The van der Waals surface area contributed by atoms with Crippen molar-refractivity contribution in [1.29, 1.82) is 0 Å². The number of rotatable bonds is 12. The minimum Gasteiger partial charge on any atom is -0.466 e. The van der Waals surface area contributed by atoms with Gasteiger partial charge in [0.2, 0.25) is 11.8 Å². The number of fused-ring (bicyclic) bond motifs is 1. The van der Waals surface area contributed by atoms with Gasteiger partial charge in [0, 0.05) is 49.7 Å². The highest BCUT2D eigenvalue weighted by molar-refractivity contribution is 5.95. The second kappa shape index (κ2) is 12.2. The quantitative estimate of drug-likeness (QED) is 0.330. The Morgan fingerprint density at radius 1 is 1.23 bits per heavy atom. The lowest BCUT2D eigenvalue weighted by Crippen LogP contribution is -2.68. The highest BCUT2D eigenvalue weighted by Gasteiger charge is 2.50. The van der Waals surface area contributed by atoms with Crippen molar-refractivity contribution in [1.82, 2.24) is 9.80 Å². The monoisotopic (exact) mass is 531 g/mol. The van der Waals surface area contributed by atoms with Crippen LogP contribution in [-0.4, -0.2) is 59.9 Å². The van der Waals surface area contributed by atoms with Crippen LogP contribution in [0.15, 0.2) is 59.7 Å². The topological polar surface area (TPSA) is 92.1 Å². The number of carbonyl (C=O) groups excluding carboxylic acids is 3. The van der Waals surface area contributed by atoms with Gasteiger partial charge < -0.3 is 24.3 Å². The molecule has 1 aliphatic heterocycles. The Morgan fingerprint density at radius 2 is 2.03 bits per heavy atom. The molecule has 1 aromatic heterocycles. The number of benzene rings is 2. The van der Waals surface area contributed by atoms with Gasteiger partial charge >= 0.3 is 5.97 Å². The standard InChI is InChI=1S/C31H37N3O5/c1-5-23-14-13-22(18-26(23)32-4)20-33(16-9-12-29(36)38-6-2)30(37)31(3)15-17-34(31)28(35)19-24-21-39-27-11-8-7-10-25(24)27/h5,7-8,10-11,13-14,18,21,32H,1,6,9,12,15-17,19-20H2,2-4H3. The van der Waals surface area contributed by atoms with E-state index in [0.29, 0.717) is 39.1 Å². The molecule has 0 bridgehead atoms. The Balaban J connectivity index is 1.52. The number of likely N-dealkylation sites (tertiary alicyclic amines) is 1. The second-order valence-electron chi connectivity index (χ2n) is 10.0. The first kappa shape index (κ1) is 28.0. The van der Waals surface area contributed by atoms with E-state index in [0.717, 1.165) is 33.3 Å². The molecule has 39 heavy (non-hydrogen) atoms. The van der Waals surface area contributed by atoms with Crippen LogP contribution >= 0.6 is 0 Å². The number of anilines is 1. The third-order valence-electron chi connectivity index (χ3n) is 7.46. The van der Waals surface area contributed by atoms with Crippen LogP contribution in [0.1, 0.15) is 49.8 Å². The number of hydrogen-bond donors (Lipinski definition) is 1. The summed E-state index contributed by atoms with van der Waals surface area (Å²) < 4.78 is 10.7. The van der Waals surface area contributed by atoms with Gasteiger partial charge in [-0.1, -0.05) is 43.0 Å². The number of furan rings is 1. The zero-order valence-electron chi connectivity index (χ0n) is 23.0. The van der Waals surface area contributed by atoms with Crippen molar-refractivity contribution >= 4 is 40.5 Å². The fraction of sp³-hybridized carbons (Fsp3) is 0.387. The summed E-state index contributed by atoms with van der Waals surface area (Å²) in [6.45, 7) is 9.04. The van der Waals surface area contributed by atoms with E-state index >= 15 is 0 Å². The minimum atomic E-state index is -0.951. The first-order valence-electron chi connectivity index (χ1n) is 13.4. The molecule has 206 valence electrons. The molecule has 1 unspecified atom stereocenters. The molecule has 2 aromatic carbocycles. The number of hydrogen-bond acceptors (Lipinski definition) is 6. The number of carbonyl (C=O) groups is 3. The van der Waals surface area contributed by atoms with Gasteiger partial charge in [-0.3, -0.25) is 14.4 Å². The van der Waals surface area contributed by atoms with Crippen LogP contribution in [-0.2, 0) is 32.1 Å². The molecular formula is C31H37N3O5. The number of esters is 1. The van der Waals surface area contributed by atoms with Crippen LogP contribution in [0, 0.1) is 0 Å². The zero-order chi connectivity index (χ0) is 28.0. The third kappa shape index (κ3) is 6.00. The molecule has 0 spiro atoms. The maximum Gasteiger partial charge on any atom is 0.305 e. The van der Waals surface area contributed by atoms with Gasteiger partial charge in [0.15, 0.2) is 0 Å². The Kier molecular flexibility index (Phi) is 8.74. The SMILES string of the molecule is C=Cc1ccc(CN(CCCC(=O)OCC)C(=O)C2(C)CCN2C(=O)Cc2coc3ccccc23)cc1NC. The average Bonchev–Trinajstić information content (AvgIpc) is 3.33. The van der Waals surface area contributed by atoms with Gasteiger partial charge in [0.05, 0.1) is 19.3 Å². The molecule has 4 rings (SSSR count). The Bertz CT molecular complexity index is 1360. The number of ether oxygens (including phenoxy) is 1. The van der Waals surface area contributed by atoms with Crippen LogP contribution in [0.25, 0.3) is 17.0 Å². The van der Waals surface area contributed by atoms with E-state index in [-0.39, 0.29) is 30.6 Å². The molecule has 8 heteroatoms. The van der Waals surface area contributed by atoms with E-state index in [1.165, 1.54) is 0 Å². The van der Waals surface area contributed by atoms with Crippen molar-refractivity contribution in [2.75, 3.05) is 32.1 Å². The molecule has 2 amide bonds. The van der Waals surface area contributed by atoms with Crippen molar-refractivity contribution in [3.8, 4) is 0 Å². The lowest BCUT2D eigenvalue weighted by atomic mass is 9.84. The fourth-order valence-corrected chi connectivity index (χ4v) is 5.17. The Morgan fingerprint density at radius 3 is 2.72 bits per heavy atom. The molecule has 0 aliphatic carbocycles. The van der Waals surface area contributed by atoms with Crippen molar-refractivity contribution in [2.45, 2.75) is 51.6 Å². The van der Waals surface area contributed by atoms with Gasteiger partial charge in [-0.2, -0.15) is 0 Å². The van der Waals surface area contributed by atoms with Gasteiger partial charge in [-0.05, 0) is 49.9 Å². The molecule has 2 heterocycles. The molecule has 3 aromatic rings. The smallest absolute Gasteiger partial charge is 0.305 e. The van der Waals surface area contributed by atoms with E-state index in [1.54, 1.807) is 29.1 Å². The van der Waals surface area contributed by atoms with Crippen LogP contribution < -0.4 is 5.32 Å². The van der Waals surface area contributed by atoms with Gasteiger partial charge in [0.25, 0.3) is 0 Å². The highest BCUT2D eigenvalue weighted by atomic mass is 16.5. The predicted octanol–water partition coefficient (Wildman–Crippen LogP) is 5.02. The third-order valence-corrected chi connectivity index (χ3v) is 7.46. The van der Waals surface area contributed by atoms with E-state index in [1.807, 2.05) is 56.4 Å². The number of nitrogens with zero attached hydrogens (tertiary/aromatic N) is 2. The normalized spacial score (nSPS) is 16.4. The first-order chi connectivity index (χ1) is 18.8. The predicted molar refractivity (Wildman–Crippen MR) is 152 cm³/mol. The summed E-state index contributed by atoms with van der Waals surface area (Å²) in [6, 6.07) is 13.5. The molecule has 0 radical (unpaired) electrons. The van der Waals surface area contributed by atoms with Crippen LogP contribution in [0.4, 0.5) is 5.69 Å². The molecule has 1 fully saturated rings. The molecule has 1 saturated heterocycles. The molecule has 0 saturated carbocycles. The van der Waals surface area contributed by atoms with Crippen LogP contribution in [0.5, 0.6) is 0 Å². The van der Waals surface area contributed by atoms with E-state index in [2.05, 4.69) is 11.9 Å². The minimum absolute atomic E-state index is 0.108. The molecule has 8 nitrogen and oxygen atoms in total. The highest BCUT2D eigenvalue weighted by Crippen LogP contribution is 2.34. The summed E-state index contributed by atoms with van der Waals surface area (Å²) in [7, 11) is 1.84. The first-order valence-corrected chi connectivity index (χ1v) is 13.4. The van der Waals surface area contributed by atoms with Gasteiger partial charge in [-0.15, -0.1) is 0 Å².